The summed E-state index contributed by atoms with van der Waals surface area (Å²) < 4.78 is 15.8. The molecule has 0 saturated carbocycles. The first-order valence-electron chi connectivity index (χ1n) is 6.76. The lowest BCUT2D eigenvalue weighted by atomic mass is 10.0. The van der Waals surface area contributed by atoms with E-state index in [2.05, 4.69) is 5.32 Å². The molecule has 1 aromatic carbocycles. The quantitative estimate of drug-likeness (QED) is 0.794. The second-order valence-corrected chi connectivity index (χ2v) is 5.01. The summed E-state index contributed by atoms with van der Waals surface area (Å²) in [5.74, 6) is 1.66. The molecule has 1 aromatic rings. The summed E-state index contributed by atoms with van der Waals surface area (Å²) in [6.07, 6.45) is 0. The number of nitrogens with two attached hydrogens (primary N) is 1. The summed E-state index contributed by atoms with van der Waals surface area (Å²) in [7, 11) is 4.67. The van der Waals surface area contributed by atoms with Gasteiger partial charge in [-0.3, -0.25) is 4.79 Å². The number of rotatable bonds is 7. The lowest BCUT2D eigenvalue weighted by Crippen LogP contribution is -2.43. The topological polar surface area (TPSA) is 82.8 Å². The third-order valence-electron chi connectivity index (χ3n) is 3.26. The van der Waals surface area contributed by atoms with Gasteiger partial charge < -0.3 is 25.3 Å². The number of carbonyl (C=O) groups excluding carboxylic acids is 1. The van der Waals surface area contributed by atoms with Crippen molar-refractivity contribution in [2.24, 2.45) is 11.7 Å². The minimum atomic E-state index is -0.531. The van der Waals surface area contributed by atoms with Gasteiger partial charge in [-0.25, -0.2) is 0 Å². The van der Waals surface area contributed by atoms with Crippen LogP contribution in [0.25, 0.3) is 0 Å². The summed E-state index contributed by atoms with van der Waals surface area (Å²) in [5.41, 5.74) is 6.60. The van der Waals surface area contributed by atoms with Crippen molar-refractivity contribution < 1.29 is 19.0 Å². The molecule has 22 heavy (non-hydrogen) atoms. The molecular formula is C15H25ClN2O4. The van der Waals surface area contributed by atoms with Crippen molar-refractivity contribution in [1.29, 1.82) is 0 Å². The highest BCUT2D eigenvalue weighted by atomic mass is 35.5. The van der Waals surface area contributed by atoms with Crippen LogP contribution in [0.2, 0.25) is 0 Å². The zero-order valence-electron chi connectivity index (χ0n) is 13.6. The van der Waals surface area contributed by atoms with Crippen molar-refractivity contribution in [3.8, 4) is 17.2 Å². The van der Waals surface area contributed by atoms with E-state index in [-0.39, 0.29) is 24.2 Å². The Bertz CT molecular complexity index is 495. The molecule has 6 nitrogen and oxygen atoms in total. The van der Waals surface area contributed by atoms with Crippen LogP contribution >= 0.6 is 12.4 Å². The fourth-order valence-corrected chi connectivity index (χ4v) is 1.83. The molecular weight excluding hydrogens is 308 g/mol. The molecule has 0 aliphatic carbocycles. The fraction of sp³-hybridized carbons (Fsp3) is 0.533. The Morgan fingerprint density at radius 2 is 1.59 bits per heavy atom. The number of hydrogen-bond donors (Lipinski definition) is 2. The van der Waals surface area contributed by atoms with Gasteiger partial charge in [-0.2, -0.15) is 0 Å². The van der Waals surface area contributed by atoms with Crippen molar-refractivity contribution >= 4 is 18.3 Å². The Morgan fingerprint density at radius 3 is 2.05 bits per heavy atom. The summed E-state index contributed by atoms with van der Waals surface area (Å²) >= 11 is 0. The highest BCUT2D eigenvalue weighted by Gasteiger charge is 2.18. The van der Waals surface area contributed by atoms with Crippen LogP contribution in [-0.4, -0.2) is 33.3 Å². The van der Waals surface area contributed by atoms with Crippen LogP contribution in [0, 0.1) is 5.92 Å². The smallest absolute Gasteiger partial charge is 0.237 e. The minimum absolute atomic E-state index is 0. The largest absolute Gasteiger partial charge is 0.496 e. The Labute approximate surface area is 137 Å². The molecule has 1 atom stereocenters. The molecule has 1 amide bonds. The first-order chi connectivity index (χ1) is 9.94. The number of halogens is 1. The Morgan fingerprint density at radius 1 is 1.09 bits per heavy atom. The lowest BCUT2D eigenvalue weighted by Gasteiger charge is -2.17. The third kappa shape index (κ3) is 4.96. The molecule has 0 spiro atoms. The van der Waals surface area contributed by atoms with Gasteiger partial charge in [0.05, 0.1) is 27.4 Å². The molecule has 0 aliphatic rings. The zero-order valence-corrected chi connectivity index (χ0v) is 14.5. The van der Waals surface area contributed by atoms with Crippen molar-refractivity contribution in [2.45, 2.75) is 26.4 Å². The monoisotopic (exact) mass is 332 g/mol. The van der Waals surface area contributed by atoms with Gasteiger partial charge in [0.25, 0.3) is 0 Å². The second-order valence-electron chi connectivity index (χ2n) is 5.01. The first-order valence-corrected chi connectivity index (χ1v) is 6.76. The van der Waals surface area contributed by atoms with E-state index in [0.717, 1.165) is 5.56 Å². The third-order valence-corrected chi connectivity index (χ3v) is 3.26. The van der Waals surface area contributed by atoms with E-state index in [1.807, 2.05) is 13.8 Å². The molecule has 0 saturated heterocycles. The maximum atomic E-state index is 11.9. The number of amides is 1. The minimum Gasteiger partial charge on any atom is -0.496 e. The number of hydrogen-bond acceptors (Lipinski definition) is 5. The van der Waals surface area contributed by atoms with Gasteiger partial charge in [0.1, 0.15) is 5.75 Å². The number of methoxy groups -OCH3 is 3. The molecule has 0 radical (unpaired) electrons. The van der Waals surface area contributed by atoms with E-state index in [1.54, 1.807) is 33.5 Å². The van der Waals surface area contributed by atoms with Gasteiger partial charge in [0.2, 0.25) is 5.91 Å². The van der Waals surface area contributed by atoms with Crippen molar-refractivity contribution in [2.75, 3.05) is 21.3 Å². The number of carbonyl (C=O) groups is 1. The molecule has 0 bridgehead atoms. The number of benzene rings is 1. The SMILES string of the molecule is COc1cc(OC)c(OC)cc1CNC(=O)C(N)C(C)C.Cl. The van der Waals surface area contributed by atoms with Crippen LogP contribution in [0.3, 0.4) is 0 Å². The molecule has 0 heterocycles. The summed E-state index contributed by atoms with van der Waals surface area (Å²) in [6.45, 7) is 4.12. The van der Waals surface area contributed by atoms with Crippen LogP contribution in [0.5, 0.6) is 17.2 Å². The van der Waals surface area contributed by atoms with Gasteiger partial charge in [0, 0.05) is 18.2 Å². The van der Waals surface area contributed by atoms with Gasteiger partial charge in [-0.1, -0.05) is 13.8 Å². The normalized spacial score (nSPS) is 11.4. The van der Waals surface area contributed by atoms with Crippen molar-refractivity contribution in [1.82, 2.24) is 5.32 Å². The molecule has 1 unspecified atom stereocenters. The van der Waals surface area contributed by atoms with Gasteiger partial charge in [0.15, 0.2) is 11.5 Å². The molecule has 0 aromatic heterocycles. The fourth-order valence-electron chi connectivity index (χ4n) is 1.83. The van der Waals surface area contributed by atoms with E-state index in [1.165, 1.54) is 0 Å². The Hall–Kier alpha value is -1.66. The van der Waals surface area contributed by atoms with Crippen LogP contribution in [0.1, 0.15) is 19.4 Å². The van der Waals surface area contributed by atoms with Crippen molar-refractivity contribution in [3.63, 3.8) is 0 Å². The molecule has 0 fully saturated rings. The maximum Gasteiger partial charge on any atom is 0.237 e. The van der Waals surface area contributed by atoms with Crippen LogP contribution in [0.4, 0.5) is 0 Å². The Balaban J connectivity index is 0.00000441. The lowest BCUT2D eigenvalue weighted by molar-refractivity contribution is -0.123. The predicted molar refractivity (Wildman–Crippen MR) is 88.0 cm³/mol. The van der Waals surface area contributed by atoms with E-state index >= 15 is 0 Å². The summed E-state index contributed by atoms with van der Waals surface area (Å²) in [4.78, 5) is 11.9. The molecule has 0 aliphatic heterocycles. The van der Waals surface area contributed by atoms with Gasteiger partial charge in [-0.15, -0.1) is 12.4 Å². The van der Waals surface area contributed by atoms with E-state index in [9.17, 15) is 4.79 Å². The van der Waals surface area contributed by atoms with Crippen LogP contribution in [0.15, 0.2) is 12.1 Å². The first kappa shape index (κ1) is 20.3. The second kappa shape index (κ2) is 9.38. The summed E-state index contributed by atoms with van der Waals surface area (Å²) in [5, 5.41) is 2.80. The molecule has 1 rings (SSSR count). The number of nitrogens with one attached hydrogen (secondary N) is 1. The van der Waals surface area contributed by atoms with Gasteiger partial charge >= 0.3 is 0 Å². The van der Waals surface area contributed by atoms with Crippen LogP contribution in [-0.2, 0) is 11.3 Å². The van der Waals surface area contributed by atoms with Crippen LogP contribution < -0.4 is 25.3 Å². The van der Waals surface area contributed by atoms with Gasteiger partial charge in [-0.05, 0) is 12.0 Å². The maximum absolute atomic E-state index is 11.9. The zero-order chi connectivity index (χ0) is 16.0. The average molecular weight is 333 g/mol. The summed E-state index contributed by atoms with van der Waals surface area (Å²) in [6, 6.07) is 2.97. The molecule has 126 valence electrons. The molecule has 7 heteroatoms. The number of ether oxygens (including phenoxy) is 3. The standard InChI is InChI=1S/C15H24N2O4.ClH/c1-9(2)14(16)15(18)17-8-10-6-12(20-4)13(21-5)7-11(10)19-3;/h6-7,9,14H,8,16H2,1-5H3,(H,17,18);1H. The highest BCUT2D eigenvalue weighted by molar-refractivity contribution is 5.85. The van der Waals surface area contributed by atoms with E-state index in [4.69, 9.17) is 19.9 Å². The van der Waals surface area contributed by atoms with E-state index < -0.39 is 6.04 Å². The van der Waals surface area contributed by atoms with E-state index in [0.29, 0.717) is 23.8 Å². The molecule has 3 N–H and O–H groups in total. The average Bonchev–Trinajstić information content (AvgIpc) is 2.50. The Kier molecular flexibility index (Phi) is 8.67. The van der Waals surface area contributed by atoms with Crippen molar-refractivity contribution in [3.05, 3.63) is 17.7 Å². The predicted octanol–water partition coefficient (Wildman–Crippen LogP) is 1.73. The highest BCUT2D eigenvalue weighted by Crippen LogP contribution is 2.34.